The number of hydrogen-bond acceptors (Lipinski definition) is 6. The van der Waals surface area contributed by atoms with E-state index in [1.54, 1.807) is 6.07 Å². The van der Waals surface area contributed by atoms with Crippen molar-refractivity contribution < 1.29 is 13.9 Å². The van der Waals surface area contributed by atoms with Gasteiger partial charge in [0.2, 0.25) is 0 Å². The van der Waals surface area contributed by atoms with Crippen molar-refractivity contribution in [2.24, 2.45) is 0 Å². The number of nitrogens with zero attached hydrogens (tertiary/aromatic N) is 3. The molecule has 0 saturated carbocycles. The predicted octanol–water partition coefficient (Wildman–Crippen LogP) is 3.01. The molecule has 4 rings (SSSR count). The Kier molecular flexibility index (Phi) is 6.34. The zero-order chi connectivity index (χ0) is 21.3. The minimum atomic E-state index is -0.535. The molecule has 2 atom stereocenters. The van der Waals surface area contributed by atoms with E-state index in [9.17, 15) is 9.18 Å². The van der Waals surface area contributed by atoms with Gasteiger partial charge in [-0.2, -0.15) is 0 Å². The summed E-state index contributed by atoms with van der Waals surface area (Å²) in [4.78, 5) is 23.6. The number of urea groups is 1. The Morgan fingerprint density at radius 2 is 2.23 bits per heavy atom. The maximum atomic E-state index is 14.7. The van der Waals surface area contributed by atoms with Crippen LogP contribution in [0.5, 0.6) is 0 Å². The fourth-order valence-electron chi connectivity index (χ4n) is 3.65. The van der Waals surface area contributed by atoms with Crippen molar-refractivity contribution in [2.45, 2.75) is 37.0 Å². The average Bonchev–Trinajstić information content (AvgIpc) is 3.17. The van der Waals surface area contributed by atoms with E-state index >= 15 is 0 Å². The summed E-state index contributed by atoms with van der Waals surface area (Å²) in [6, 6.07) is 4.37. The fraction of sp³-hybridized carbons (Fsp3) is 0.450. The monoisotopic (exact) mass is 526 g/mol. The topological polar surface area (TPSA) is 91.4 Å². The zero-order valence-corrected chi connectivity index (χ0v) is 19.0. The van der Waals surface area contributed by atoms with Gasteiger partial charge < -0.3 is 25.6 Å². The van der Waals surface area contributed by atoms with E-state index in [1.807, 2.05) is 6.92 Å². The lowest BCUT2D eigenvalue weighted by Gasteiger charge is -2.35. The summed E-state index contributed by atoms with van der Waals surface area (Å²) in [6.07, 6.45) is 0. The number of alkyl halides is 1. The molecule has 2 aromatic rings. The SMILES string of the molecule is CC(I)NC(=O)Nc1ccc(-c2nc3c(c(N4CCOCC4C)n2)CNC3)cc1F. The number of fused-ring (bicyclic) bond motifs is 1. The molecule has 0 bridgehead atoms. The van der Waals surface area contributed by atoms with E-state index in [2.05, 4.69) is 55.3 Å². The number of benzene rings is 1. The van der Waals surface area contributed by atoms with Crippen molar-refractivity contribution in [1.29, 1.82) is 0 Å². The molecule has 10 heteroatoms. The molecule has 0 spiro atoms. The highest BCUT2D eigenvalue weighted by molar-refractivity contribution is 14.1. The molecule has 3 N–H and O–H groups in total. The Labute approximate surface area is 188 Å². The zero-order valence-electron chi connectivity index (χ0n) is 16.8. The largest absolute Gasteiger partial charge is 0.377 e. The number of morpholine rings is 1. The number of hydrogen-bond donors (Lipinski definition) is 3. The molecule has 160 valence electrons. The van der Waals surface area contributed by atoms with E-state index in [4.69, 9.17) is 9.72 Å². The van der Waals surface area contributed by atoms with Crippen LogP contribution in [0.3, 0.4) is 0 Å². The third-order valence-electron chi connectivity index (χ3n) is 5.11. The van der Waals surface area contributed by atoms with Gasteiger partial charge in [-0.15, -0.1) is 0 Å². The lowest BCUT2D eigenvalue weighted by molar-refractivity contribution is 0.0984. The van der Waals surface area contributed by atoms with E-state index in [0.717, 1.165) is 30.2 Å². The van der Waals surface area contributed by atoms with Crippen LogP contribution in [0.2, 0.25) is 0 Å². The molecule has 8 nitrogen and oxygen atoms in total. The number of rotatable bonds is 4. The summed E-state index contributed by atoms with van der Waals surface area (Å²) in [5, 5.41) is 8.52. The number of ether oxygens (including phenoxy) is 1. The molecular formula is C20H24FIN6O2. The quantitative estimate of drug-likeness (QED) is 0.323. The molecule has 2 aliphatic heterocycles. The second-order valence-corrected chi connectivity index (χ2v) is 9.29. The lowest BCUT2D eigenvalue weighted by Crippen LogP contribution is -2.44. The van der Waals surface area contributed by atoms with Crippen molar-refractivity contribution in [3.8, 4) is 11.4 Å². The summed E-state index contributed by atoms with van der Waals surface area (Å²) in [5.41, 5.74) is 2.71. The van der Waals surface area contributed by atoms with Gasteiger partial charge in [0.25, 0.3) is 0 Å². The Balaban J connectivity index is 1.65. The molecule has 1 aromatic heterocycles. The predicted molar refractivity (Wildman–Crippen MR) is 121 cm³/mol. The number of amides is 2. The molecule has 1 fully saturated rings. The van der Waals surface area contributed by atoms with Crippen LogP contribution in [0.1, 0.15) is 25.1 Å². The van der Waals surface area contributed by atoms with Gasteiger partial charge in [-0.1, -0.05) is 22.6 Å². The van der Waals surface area contributed by atoms with E-state index in [-0.39, 0.29) is 15.8 Å². The van der Waals surface area contributed by atoms with Gasteiger partial charge in [-0.3, -0.25) is 0 Å². The van der Waals surface area contributed by atoms with E-state index < -0.39 is 11.8 Å². The molecule has 0 radical (unpaired) electrons. The van der Waals surface area contributed by atoms with Gasteiger partial charge in [0.1, 0.15) is 11.6 Å². The van der Waals surface area contributed by atoms with Crippen LogP contribution in [0.25, 0.3) is 11.4 Å². The van der Waals surface area contributed by atoms with Crippen LogP contribution in [0, 0.1) is 5.82 Å². The van der Waals surface area contributed by atoms with Gasteiger partial charge in [-0.05, 0) is 32.0 Å². The molecule has 1 saturated heterocycles. The molecule has 2 unspecified atom stereocenters. The second kappa shape index (κ2) is 8.98. The molecule has 1 aromatic carbocycles. The van der Waals surface area contributed by atoms with E-state index in [0.29, 0.717) is 31.1 Å². The minimum Gasteiger partial charge on any atom is -0.377 e. The third kappa shape index (κ3) is 4.49. The van der Waals surface area contributed by atoms with Crippen molar-refractivity contribution >= 4 is 40.1 Å². The summed E-state index contributed by atoms with van der Waals surface area (Å²) in [6.45, 7) is 7.37. The fourth-order valence-corrected chi connectivity index (χ4v) is 3.94. The molecule has 2 amide bonds. The normalized spacial score (nSPS) is 19.3. The lowest BCUT2D eigenvalue weighted by atomic mass is 10.1. The Hall–Kier alpha value is -2.05. The van der Waals surface area contributed by atoms with Crippen molar-refractivity contribution in [1.82, 2.24) is 20.6 Å². The van der Waals surface area contributed by atoms with Crippen LogP contribution < -0.4 is 20.9 Å². The molecule has 30 heavy (non-hydrogen) atoms. The standard InChI is InChI=1S/C20H24FIN6O2/c1-11-10-30-6-5-28(11)19-14-8-23-9-17(14)25-18(27-19)13-3-4-16(15(21)7-13)26-20(29)24-12(2)22/h3-4,7,11-12,23H,5-6,8-10H2,1-2H3,(H2,24,26,29). The van der Waals surface area contributed by atoms with Gasteiger partial charge in [0, 0.05) is 30.8 Å². The molecule has 3 heterocycles. The first-order valence-electron chi connectivity index (χ1n) is 9.89. The van der Waals surface area contributed by atoms with Crippen molar-refractivity contribution in [3.05, 3.63) is 35.3 Å². The number of nitrogens with one attached hydrogen (secondary N) is 3. The van der Waals surface area contributed by atoms with E-state index in [1.165, 1.54) is 12.1 Å². The molecular weight excluding hydrogens is 502 g/mol. The van der Waals surface area contributed by atoms with Crippen LogP contribution in [-0.2, 0) is 17.8 Å². The highest BCUT2D eigenvalue weighted by Gasteiger charge is 2.28. The van der Waals surface area contributed by atoms with Gasteiger partial charge in [0.15, 0.2) is 5.82 Å². The summed E-state index contributed by atoms with van der Waals surface area (Å²) in [7, 11) is 0. The highest BCUT2D eigenvalue weighted by atomic mass is 127. The number of carbonyl (C=O) groups excluding carboxylic acids is 1. The summed E-state index contributed by atoms with van der Waals surface area (Å²) in [5.74, 6) is 0.822. The Morgan fingerprint density at radius 3 is 2.97 bits per heavy atom. The van der Waals surface area contributed by atoms with Crippen LogP contribution in [-0.4, -0.2) is 45.8 Å². The first kappa shape index (κ1) is 21.2. The highest BCUT2D eigenvalue weighted by Crippen LogP contribution is 2.31. The van der Waals surface area contributed by atoms with Gasteiger partial charge >= 0.3 is 6.03 Å². The third-order valence-corrected chi connectivity index (χ3v) is 5.42. The molecule has 2 aliphatic rings. The number of halogens is 2. The average molecular weight is 526 g/mol. The van der Waals surface area contributed by atoms with Crippen LogP contribution in [0.4, 0.5) is 20.7 Å². The van der Waals surface area contributed by atoms with Crippen LogP contribution >= 0.6 is 22.6 Å². The molecule has 0 aliphatic carbocycles. The number of carbonyl (C=O) groups is 1. The summed E-state index contributed by atoms with van der Waals surface area (Å²) >= 11 is 2.06. The second-order valence-electron chi connectivity index (χ2n) is 7.43. The Morgan fingerprint density at radius 1 is 1.40 bits per heavy atom. The van der Waals surface area contributed by atoms with Gasteiger partial charge in [-0.25, -0.2) is 19.2 Å². The Bertz CT molecular complexity index is 957. The maximum absolute atomic E-state index is 14.7. The van der Waals surface area contributed by atoms with Gasteiger partial charge in [0.05, 0.1) is 34.7 Å². The first-order valence-corrected chi connectivity index (χ1v) is 11.1. The first-order chi connectivity index (χ1) is 14.4. The summed E-state index contributed by atoms with van der Waals surface area (Å²) < 4.78 is 20.2. The minimum absolute atomic E-state index is 0.0700. The van der Waals surface area contributed by atoms with Crippen molar-refractivity contribution in [2.75, 3.05) is 30.0 Å². The number of anilines is 2. The van der Waals surface area contributed by atoms with Crippen molar-refractivity contribution in [3.63, 3.8) is 0 Å². The maximum Gasteiger partial charge on any atom is 0.320 e. The van der Waals surface area contributed by atoms with Crippen LogP contribution in [0.15, 0.2) is 18.2 Å². The smallest absolute Gasteiger partial charge is 0.320 e. The number of aromatic nitrogens is 2.